The van der Waals surface area contributed by atoms with Crippen LogP contribution in [-0.4, -0.2) is 47.4 Å². The van der Waals surface area contributed by atoms with Gasteiger partial charge in [0.15, 0.2) is 0 Å². The quantitative estimate of drug-likeness (QED) is 0.702. The van der Waals surface area contributed by atoms with Gasteiger partial charge in [0.25, 0.3) is 5.91 Å². The van der Waals surface area contributed by atoms with Crippen molar-refractivity contribution in [1.29, 1.82) is 0 Å². The third-order valence-electron chi connectivity index (χ3n) is 5.94. The van der Waals surface area contributed by atoms with E-state index in [1.165, 1.54) is 12.1 Å². The van der Waals surface area contributed by atoms with E-state index in [0.717, 1.165) is 22.6 Å². The van der Waals surface area contributed by atoms with Gasteiger partial charge in [-0.3, -0.25) is 4.79 Å². The van der Waals surface area contributed by atoms with Gasteiger partial charge in [0.2, 0.25) is 0 Å². The van der Waals surface area contributed by atoms with Crippen molar-refractivity contribution >= 4 is 17.6 Å². The molecule has 2 fully saturated rings. The van der Waals surface area contributed by atoms with Gasteiger partial charge in [-0.2, -0.15) is 13.2 Å². The summed E-state index contributed by atoms with van der Waals surface area (Å²) in [6, 6.07) is 5.37. The third kappa shape index (κ3) is 2.07. The predicted molar refractivity (Wildman–Crippen MR) is 91.5 cm³/mol. The molecule has 4 heterocycles. The minimum atomic E-state index is -4.48. The fraction of sp³-hybridized carbons (Fsp3) is 0.368. The Balaban J connectivity index is 1.59. The lowest BCUT2D eigenvalue weighted by Crippen LogP contribution is -2.56. The van der Waals surface area contributed by atoms with E-state index >= 15 is 0 Å². The largest absolute Gasteiger partial charge is 0.469 e. The Morgan fingerprint density at radius 1 is 1.14 bits per heavy atom. The van der Waals surface area contributed by atoms with Crippen LogP contribution in [0.1, 0.15) is 22.8 Å². The second-order valence-corrected chi connectivity index (χ2v) is 7.54. The maximum atomic E-state index is 13.5. The predicted octanol–water partition coefficient (Wildman–Crippen LogP) is 3.05. The highest BCUT2D eigenvalue weighted by atomic mass is 19.4. The smallest absolute Gasteiger partial charge is 0.416 e. The summed E-state index contributed by atoms with van der Waals surface area (Å²) in [7, 11) is 1.87. The second-order valence-electron chi connectivity index (χ2n) is 7.54. The molecule has 2 saturated heterocycles. The Labute approximate surface area is 158 Å². The Morgan fingerprint density at radius 3 is 2.54 bits per heavy atom. The van der Waals surface area contributed by atoms with E-state index in [2.05, 4.69) is 0 Å². The van der Waals surface area contributed by atoms with Crippen molar-refractivity contribution < 1.29 is 27.2 Å². The number of likely N-dealkylation sites (N-methyl/N-ethyl adjacent to an activating group) is 1. The number of hydrogen-bond acceptors (Lipinski definition) is 4. The number of carbonyl (C=O) groups excluding carboxylic acids is 2. The van der Waals surface area contributed by atoms with Gasteiger partial charge in [0.1, 0.15) is 11.3 Å². The van der Waals surface area contributed by atoms with Gasteiger partial charge in [-0.15, -0.1) is 0 Å². The first-order chi connectivity index (χ1) is 13.2. The van der Waals surface area contributed by atoms with Gasteiger partial charge in [-0.05, 0) is 37.4 Å². The summed E-state index contributed by atoms with van der Waals surface area (Å²) < 4.78 is 44.2. The average Bonchev–Trinajstić information content (AvgIpc) is 3.28. The summed E-state index contributed by atoms with van der Waals surface area (Å²) in [5.41, 5.74) is -0.939. The summed E-state index contributed by atoms with van der Waals surface area (Å²) >= 11 is 0. The number of nitrogens with zero attached hydrogens (tertiary/aromatic N) is 3. The van der Waals surface area contributed by atoms with Crippen molar-refractivity contribution in [3.05, 3.63) is 53.5 Å². The van der Waals surface area contributed by atoms with Crippen LogP contribution in [0.3, 0.4) is 0 Å². The summed E-state index contributed by atoms with van der Waals surface area (Å²) in [5, 5.41) is 0. The molecule has 2 aromatic rings. The first-order valence-corrected chi connectivity index (χ1v) is 8.82. The monoisotopic (exact) mass is 391 g/mol. The molecule has 3 aliphatic rings. The maximum Gasteiger partial charge on any atom is 0.416 e. The fourth-order valence-corrected chi connectivity index (χ4v) is 4.72. The van der Waals surface area contributed by atoms with E-state index in [9.17, 15) is 22.8 Å². The number of likely N-dealkylation sites (tertiary alicyclic amines) is 1. The number of imide groups is 1. The van der Waals surface area contributed by atoms with Crippen LogP contribution < -0.4 is 4.90 Å². The molecular formula is C19H16F3N3O3. The molecule has 1 spiro atoms. The molecule has 146 valence electrons. The number of anilines is 1. The van der Waals surface area contributed by atoms with Crippen molar-refractivity contribution in [2.75, 3.05) is 25.0 Å². The molecule has 5 rings (SSSR count). The normalized spacial score (nSPS) is 27.2. The minimum Gasteiger partial charge on any atom is -0.469 e. The SMILES string of the molecule is CN1C[C@H]2c3occc3CN3C(=O)N(c4ccc(C(F)(F)F)cc4)C(=O)[C@]23C1. The zero-order chi connectivity index (χ0) is 19.8. The number of benzene rings is 1. The molecule has 0 saturated carbocycles. The molecule has 0 unspecified atom stereocenters. The molecule has 1 aromatic carbocycles. The highest BCUT2D eigenvalue weighted by Gasteiger charge is 2.67. The van der Waals surface area contributed by atoms with Gasteiger partial charge in [-0.1, -0.05) is 0 Å². The van der Waals surface area contributed by atoms with Crippen LogP contribution in [0.2, 0.25) is 0 Å². The standard InChI is InChI=1S/C19H16F3N3O3/c1-23-9-14-15-11(6-7-28-15)8-24-17(27)25(16(26)18(14,24)10-23)13-4-2-12(3-5-13)19(20,21)22/h2-7,14H,8-10H2,1H3/t14-,18-/m0/s1. The summed E-state index contributed by atoms with van der Waals surface area (Å²) in [4.78, 5) is 31.2. The average molecular weight is 391 g/mol. The van der Waals surface area contributed by atoms with E-state index in [-0.39, 0.29) is 18.2 Å². The zero-order valence-corrected chi connectivity index (χ0v) is 14.9. The van der Waals surface area contributed by atoms with Crippen molar-refractivity contribution in [2.24, 2.45) is 0 Å². The van der Waals surface area contributed by atoms with Crippen molar-refractivity contribution in [3.8, 4) is 0 Å². The number of furan rings is 1. The lowest BCUT2D eigenvalue weighted by Gasteiger charge is -2.39. The molecule has 1 aromatic heterocycles. The summed E-state index contributed by atoms with van der Waals surface area (Å²) in [5.74, 6) is -0.0307. The van der Waals surface area contributed by atoms with E-state index in [1.54, 1.807) is 17.2 Å². The van der Waals surface area contributed by atoms with E-state index < -0.39 is 29.2 Å². The minimum absolute atomic E-state index is 0.136. The molecule has 0 bridgehead atoms. The number of fused-ring (bicyclic) bond motifs is 2. The first kappa shape index (κ1) is 17.3. The molecule has 2 atom stereocenters. The lowest BCUT2D eigenvalue weighted by molar-refractivity contribution is -0.137. The van der Waals surface area contributed by atoms with Gasteiger partial charge in [0, 0.05) is 18.7 Å². The van der Waals surface area contributed by atoms with Crippen molar-refractivity contribution in [2.45, 2.75) is 24.2 Å². The number of rotatable bonds is 1. The highest BCUT2D eigenvalue weighted by molar-refractivity contribution is 6.24. The number of hydrogen-bond donors (Lipinski definition) is 0. The van der Waals surface area contributed by atoms with Gasteiger partial charge < -0.3 is 14.2 Å². The Morgan fingerprint density at radius 2 is 1.86 bits per heavy atom. The van der Waals surface area contributed by atoms with Crippen molar-refractivity contribution in [1.82, 2.24) is 9.80 Å². The van der Waals surface area contributed by atoms with Crippen LogP contribution in [0, 0.1) is 0 Å². The van der Waals surface area contributed by atoms with Gasteiger partial charge >= 0.3 is 12.2 Å². The number of amides is 3. The molecule has 3 amide bonds. The number of alkyl halides is 3. The Kier molecular flexibility index (Phi) is 3.32. The van der Waals surface area contributed by atoms with Gasteiger partial charge in [0.05, 0.1) is 30.0 Å². The molecule has 9 heteroatoms. The molecule has 28 heavy (non-hydrogen) atoms. The van der Waals surface area contributed by atoms with Crippen LogP contribution >= 0.6 is 0 Å². The number of halogens is 3. The molecular weight excluding hydrogens is 375 g/mol. The molecule has 0 radical (unpaired) electrons. The molecule has 0 aliphatic carbocycles. The third-order valence-corrected chi connectivity index (χ3v) is 5.94. The maximum absolute atomic E-state index is 13.5. The zero-order valence-electron chi connectivity index (χ0n) is 14.9. The number of urea groups is 1. The topological polar surface area (TPSA) is 57.0 Å². The molecule has 3 aliphatic heterocycles. The van der Waals surface area contributed by atoms with E-state index in [1.807, 2.05) is 11.9 Å². The Bertz CT molecular complexity index is 984. The molecule has 6 nitrogen and oxygen atoms in total. The first-order valence-electron chi connectivity index (χ1n) is 8.82. The van der Waals surface area contributed by atoms with Crippen LogP contribution in [0.5, 0.6) is 0 Å². The lowest BCUT2D eigenvalue weighted by atomic mass is 9.79. The summed E-state index contributed by atoms with van der Waals surface area (Å²) in [6.45, 7) is 1.13. The molecule has 0 N–H and O–H groups in total. The fourth-order valence-electron chi connectivity index (χ4n) is 4.72. The van der Waals surface area contributed by atoms with Crippen LogP contribution in [-0.2, 0) is 17.5 Å². The number of carbonyl (C=O) groups is 2. The van der Waals surface area contributed by atoms with E-state index in [4.69, 9.17) is 4.42 Å². The Hall–Kier alpha value is -2.81. The van der Waals surface area contributed by atoms with Crippen LogP contribution in [0.15, 0.2) is 41.0 Å². The summed E-state index contributed by atoms with van der Waals surface area (Å²) in [6.07, 6.45) is -2.93. The second kappa shape index (κ2) is 5.38. The van der Waals surface area contributed by atoms with E-state index in [0.29, 0.717) is 18.8 Å². The highest BCUT2D eigenvalue weighted by Crippen LogP contribution is 2.51. The van der Waals surface area contributed by atoms with Crippen LogP contribution in [0.4, 0.5) is 23.7 Å². The van der Waals surface area contributed by atoms with Crippen LogP contribution in [0.25, 0.3) is 0 Å². The van der Waals surface area contributed by atoms with Gasteiger partial charge in [-0.25, -0.2) is 9.69 Å². The van der Waals surface area contributed by atoms with Crippen molar-refractivity contribution in [3.63, 3.8) is 0 Å².